The van der Waals surface area contributed by atoms with Gasteiger partial charge in [-0.1, -0.05) is 24.1 Å². The third-order valence-electron chi connectivity index (χ3n) is 3.72. The van der Waals surface area contributed by atoms with Gasteiger partial charge in [-0.05, 0) is 45.9 Å². The first-order chi connectivity index (χ1) is 11.2. The van der Waals surface area contributed by atoms with Gasteiger partial charge in [-0.2, -0.15) is 0 Å². The highest BCUT2D eigenvalue weighted by Crippen LogP contribution is 2.33. The topological polar surface area (TPSA) is 43.6 Å². The number of hydrogen-bond donors (Lipinski definition) is 1. The van der Waals surface area contributed by atoms with Crippen LogP contribution >= 0.6 is 0 Å². The van der Waals surface area contributed by atoms with Crippen LogP contribution in [0.3, 0.4) is 0 Å². The molecule has 0 radical (unpaired) electrons. The minimum absolute atomic E-state index is 0.00162. The van der Waals surface area contributed by atoms with E-state index in [9.17, 15) is 5.11 Å². The Hall–Kier alpha value is -2.22. The molecule has 24 heavy (non-hydrogen) atoms. The van der Waals surface area contributed by atoms with Crippen molar-refractivity contribution in [3.63, 3.8) is 0 Å². The van der Waals surface area contributed by atoms with E-state index >= 15 is 0 Å². The quantitative estimate of drug-likeness (QED) is 0.649. The van der Waals surface area contributed by atoms with Crippen molar-refractivity contribution >= 4 is 0 Å². The molecule has 2 unspecified atom stereocenters. The van der Waals surface area contributed by atoms with Gasteiger partial charge in [0, 0.05) is 23.5 Å². The molecule has 0 saturated heterocycles. The van der Waals surface area contributed by atoms with Crippen molar-refractivity contribution in [3.8, 4) is 18.1 Å². The molecule has 1 aromatic heterocycles. The highest BCUT2D eigenvalue weighted by molar-refractivity contribution is 5.25. The van der Waals surface area contributed by atoms with Crippen molar-refractivity contribution in [1.82, 2.24) is 4.57 Å². The average Bonchev–Trinajstić information content (AvgIpc) is 3.01. The van der Waals surface area contributed by atoms with Gasteiger partial charge >= 0.3 is 0 Å². The Labute approximate surface area is 144 Å². The molecule has 2 rings (SSSR count). The molecule has 2 atom stereocenters. The summed E-state index contributed by atoms with van der Waals surface area (Å²) in [4.78, 5) is 0. The second kappa shape index (κ2) is 7.12. The lowest BCUT2D eigenvalue weighted by Gasteiger charge is -2.32. The van der Waals surface area contributed by atoms with Crippen LogP contribution in [0, 0.1) is 12.3 Å². The van der Waals surface area contributed by atoms with Crippen LogP contribution in [0.25, 0.3) is 0 Å². The van der Waals surface area contributed by atoms with E-state index in [1.165, 1.54) is 0 Å². The molecule has 0 spiro atoms. The molecule has 1 N–H and O–H groups in total. The predicted molar refractivity (Wildman–Crippen MR) is 94.6 cm³/mol. The summed E-state index contributed by atoms with van der Waals surface area (Å²) in [6, 6.07) is 11.3. The summed E-state index contributed by atoms with van der Waals surface area (Å²) in [7, 11) is 0. The van der Waals surface area contributed by atoms with E-state index in [4.69, 9.17) is 15.9 Å². The standard InChI is InChI=1S/C20H25NO3/c1-6-14-23-20(5,22)18(24-17-10-8-7-9-11-17)16-12-13-21(15-16)19(2,3)4/h1,7-13,15,18,22H,14H2,2-5H3. The summed E-state index contributed by atoms with van der Waals surface area (Å²) in [6.45, 7) is 7.89. The summed E-state index contributed by atoms with van der Waals surface area (Å²) in [5, 5.41) is 10.8. The van der Waals surface area contributed by atoms with Crippen molar-refractivity contribution in [2.75, 3.05) is 6.61 Å². The minimum atomic E-state index is -1.56. The zero-order valence-electron chi connectivity index (χ0n) is 14.7. The van der Waals surface area contributed by atoms with E-state index in [1.807, 2.05) is 48.8 Å². The van der Waals surface area contributed by atoms with E-state index in [0.717, 1.165) is 5.56 Å². The third kappa shape index (κ3) is 4.41. The molecule has 1 aromatic carbocycles. The first-order valence-corrected chi connectivity index (χ1v) is 7.94. The minimum Gasteiger partial charge on any atom is -0.480 e. The van der Waals surface area contributed by atoms with E-state index in [2.05, 4.69) is 31.3 Å². The molecular weight excluding hydrogens is 302 g/mol. The Morgan fingerprint density at radius 2 is 1.83 bits per heavy atom. The van der Waals surface area contributed by atoms with Gasteiger partial charge in [0.2, 0.25) is 5.79 Å². The molecule has 1 heterocycles. The van der Waals surface area contributed by atoms with E-state index < -0.39 is 11.9 Å². The van der Waals surface area contributed by atoms with E-state index in [0.29, 0.717) is 5.75 Å². The molecule has 128 valence electrons. The first-order valence-electron chi connectivity index (χ1n) is 7.94. The Kier molecular flexibility index (Phi) is 5.38. The maximum absolute atomic E-state index is 10.8. The molecule has 0 aliphatic rings. The van der Waals surface area contributed by atoms with Crippen molar-refractivity contribution in [2.24, 2.45) is 0 Å². The lowest BCUT2D eigenvalue weighted by atomic mass is 10.0. The van der Waals surface area contributed by atoms with Crippen LogP contribution in [-0.4, -0.2) is 22.1 Å². The van der Waals surface area contributed by atoms with Gasteiger partial charge in [0.15, 0.2) is 6.10 Å². The summed E-state index contributed by atoms with van der Waals surface area (Å²) in [5.41, 5.74) is 0.747. The van der Waals surface area contributed by atoms with Crippen molar-refractivity contribution in [2.45, 2.75) is 45.1 Å². The van der Waals surface area contributed by atoms with E-state index in [-0.39, 0.29) is 12.1 Å². The van der Waals surface area contributed by atoms with Crippen LogP contribution in [0.4, 0.5) is 0 Å². The van der Waals surface area contributed by atoms with Crippen LogP contribution in [0.2, 0.25) is 0 Å². The first kappa shape index (κ1) is 18.1. The summed E-state index contributed by atoms with van der Waals surface area (Å²) in [5.74, 6) is 1.47. The van der Waals surface area contributed by atoms with Crippen molar-refractivity contribution in [1.29, 1.82) is 0 Å². The van der Waals surface area contributed by atoms with Crippen LogP contribution in [0.15, 0.2) is 48.8 Å². The SMILES string of the molecule is C#CCOC(C)(O)C(Oc1ccccc1)c1ccn(C(C)(C)C)c1. The Bertz CT molecular complexity index is 690. The number of ether oxygens (including phenoxy) is 2. The van der Waals surface area contributed by atoms with Crippen LogP contribution in [0.5, 0.6) is 5.75 Å². The molecule has 0 fully saturated rings. The molecular formula is C20H25NO3. The lowest BCUT2D eigenvalue weighted by molar-refractivity contribution is -0.233. The fourth-order valence-corrected chi connectivity index (χ4v) is 2.37. The largest absolute Gasteiger partial charge is 0.480 e. The van der Waals surface area contributed by atoms with Crippen molar-refractivity contribution < 1.29 is 14.6 Å². The summed E-state index contributed by atoms with van der Waals surface area (Å²) in [6.07, 6.45) is 8.47. The van der Waals surface area contributed by atoms with Gasteiger partial charge in [0.1, 0.15) is 12.4 Å². The Morgan fingerprint density at radius 1 is 1.17 bits per heavy atom. The molecule has 0 aliphatic heterocycles. The van der Waals surface area contributed by atoms with Gasteiger partial charge in [-0.15, -0.1) is 6.42 Å². The number of nitrogens with zero attached hydrogens (tertiary/aromatic N) is 1. The molecule has 4 heteroatoms. The molecule has 0 saturated carbocycles. The third-order valence-corrected chi connectivity index (χ3v) is 3.72. The second-order valence-corrected chi connectivity index (χ2v) is 6.88. The van der Waals surface area contributed by atoms with Crippen LogP contribution in [0.1, 0.15) is 39.4 Å². The fraction of sp³-hybridized carbons (Fsp3) is 0.400. The number of hydrogen-bond acceptors (Lipinski definition) is 3. The normalized spacial score (nSPS) is 15.3. The Balaban J connectivity index is 2.35. The lowest BCUT2D eigenvalue weighted by Crippen LogP contribution is -2.39. The highest BCUT2D eigenvalue weighted by atomic mass is 16.6. The van der Waals surface area contributed by atoms with Crippen LogP contribution in [-0.2, 0) is 10.3 Å². The number of aliphatic hydroxyl groups is 1. The van der Waals surface area contributed by atoms with Crippen molar-refractivity contribution in [3.05, 3.63) is 54.4 Å². The molecule has 0 amide bonds. The maximum atomic E-state index is 10.8. The number of benzene rings is 1. The zero-order valence-corrected chi connectivity index (χ0v) is 14.7. The maximum Gasteiger partial charge on any atom is 0.205 e. The Morgan fingerprint density at radius 3 is 2.38 bits per heavy atom. The van der Waals surface area contributed by atoms with Gasteiger partial charge < -0.3 is 19.1 Å². The predicted octanol–water partition coefficient (Wildman–Crippen LogP) is 3.72. The number of para-hydroxylation sites is 1. The molecule has 4 nitrogen and oxygen atoms in total. The molecule has 0 bridgehead atoms. The zero-order chi connectivity index (χ0) is 17.8. The summed E-state index contributed by atoms with van der Waals surface area (Å²) >= 11 is 0. The summed E-state index contributed by atoms with van der Waals surface area (Å²) < 4.78 is 13.5. The molecule has 0 aliphatic carbocycles. The van der Waals surface area contributed by atoms with Gasteiger partial charge in [-0.3, -0.25) is 0 Å². The monoisotopic (exact) mass is 327 g/mol. The highest BCUT2D eigenvalue weighted by Gasteiger charge is 2.37. The fourth-order valence-electron chi connectivity index (χ4n) is 2.37. The van der Waals surface area contributed by atoms with Gasteiger partial charge in [0.05, 0.1) is 0 Å². The number of rotatable bonds is 6. The smallest absolute Gasteiger partial charge is 0.205 e. The van der Waals surface area contributed by atoms with Gasteiger partial charge in [-0.25, -0.2) is 0 Å². The number of terminal acetylenes is 1. The average molecular weight is 327 g/mol. The number of aromatic nitrogens is 1. The van der Waals surface area contributed by atoms with E-state index in [1.54, 1.807) is 6.92 Å². The second-order valence-electron chi connectivity index (χ2n) is 6.88. The van der Waals surface area contributed by atoms with Gasteiger partial charge in [0.25, 0.3) is 0 Å². The van der Waals surface area contributed by atoms with Crippen LogP contribution < -0.4 is 4.74 Å². The molecule has 2 aromatic rings.